The smallest absolute Gasteiger partial charge is 0.252 e. The Kier molecular flexibility index (Phi) is 4.10. The van der Waals surface area contributed by atoms with E-state index in [4.69, 9.17) is 4.74 Å². The lowest BCUT2D eigenvalue weighted by molar-refractivity contribution is 0.136. The standard InChI is InChI=1S/C16H16F2N2O/c17-13-6-7-14(20-16(13)18)21-15(12-8-9-19-10-12)11-4-2-1-3-5-11/h1-7,12,15,19H,8-10H2/t12-,15-/m1/s1. The number of pyridine rings is 1. The lowest BCUT2D eigenvalue weighted by Gasteiger charge is -2.24. The molecule has 2 aromatic rings. The van der Waals surface area contributed by atoms with E-state index in [9.17, 15) is 8.78 Å². The first-order valence-corrected chi connectivity index (χ1v) is 6.98. The fourth-order valence-electron chi connectivity index (χ4n) is 2.61. The van der Waals surface area contributed by atoms with Crippen LogP contribution in [0.5, 0.6) is 5.88 Å². The number of nitrogens with one attached hydrogen (secondary N) is 1. The number of rotatable bonds is 4. The minimum atomic E-state index is -1.14. The summed E-state index contributed by atoms with van der Waals surface area (Å²) >= 11 is 0. The molecular formula is C16H16F2N2O. The molecule has 1 aromatic heterocycles. The third-order valence-corrected chi connectivity index (χ3v) is 3.68. The number of halogens is 2. The van der Waals surface area contributed by atoms with Gasteiger partial charge in [0.15, 0.2) is 5.82 Å². The summed E-state index contributed by atoms with van der Waals surface area (Å²) in [7, 11) is 0. The molecule has 1 aromatic carbocycles. The first-order valence-electron chi connectivity index (χ1n) is 6.98. The molecule has 1 aliphatic heterocycles. The summed E-state index contributed by atoms with van der Waals surface area (Å²) in [6.45, 7) is 1.77. The second kappa shape index (κ2) is 6.18. The summed E-state index contributed by atoms with van der Waals surface area (Å²) in [4.78, 5) is 3.53. The van der Waals surface area contributed by atoms with Crippen LogP contribution in [0.15, 0.2) is 42.5 Å². The molecule has 2 atom stereocenters. The van der Waals surface area contributed by atoms with Gasteiger partial charge in [-0.3, -0.25) is 0 Å². The lowest BCUT2D eigenvalue weighted by atomic mass is 9.95. The molecule has 1 fully saturated rings. The summed E-state index contributed by atoms with van der Waals surface area (Å²) in [6.07, 6.45) is 0.752. The van der Waals surface area contributed by atoms with Crippen LogP contribution in [0.2, 0.25) is 0 Å². The lowest BCUT2D eigenvalue weighted by Crippen LogP contribution is -2.21. The highest BCUT2D eigenvalue weighted by Crippen LogP contribution is 2.31. The van der Waals surface area contributed by atoms with E-state index in [2.05, 4.69) is 10.3 Å². The van der Waals surface area contributed by atoms with Crippen LogP contribution in [0, 0.1) is 17.7 Å². The molecular weight excluding hydrogens is 274 g/mol. The maximum atomic E-state index is 13.2. The van der Waals surface area contributed by atoms with E-state index in [1.165, 1.54) is 6.07 Å². The van der Waals surface area contributed by atoms with Gasteiger partial charge in [-0.05, 0) is 24.6 Å². The van der Waals surface area contributed by atoms with Crippen molar-refractivity contribution in [3.8, 4) is 5.88 Å². The molecule has 110 valence electrons. The molecule has 1 aliphatic rings. The van der Waals surface area contributed by atoms with Gasteiger partial charge in [0.2, 0.25) is 5.88 Å². The Morgan fingerprint density at radius 2 is 1.95 bits per heavy atom. The summed E-state index contributed by atoms with van der Waals surface area (Å²) < 4.78 is 32.1. The Bertz CT molecular complexity index is 600. The van der Waals surface area contributed by atoms with Crippen molar-refractivity contribution in [3.63, 3.8) is 0 Å². The van der Waals surface area contributed by atoms with E-state index in [0.29, 0.717) is 0 Å². The third-order valence-electron chi connectivity index (χ3n) is 3.68. The summed E-state index contributed by atoms with van der Waals surface area (Å²) in [6, 6.07) is 12.2. The molecule has 21 heavy (non-hydrogen) atoms. The van der Waals surface area contributed by atoms with Gasteiger partial charge in [0.05, 0.1) is 0 Å². The first-order chi connectivity index (χ1) is 10.2. The van der Waals surface area contributed by atoms with E-state index in [-0.39, 0.29) is 17.9 Å². The summed E-state index contributed by atoms with van der Waals surface area (Å²) in [5, 5.41) is 3.29. The van der Waals surface area contributed by atoms with Crippen molar-refractivity contribution in [3.05, 3.63) is 59.8 Å². The Hall–Kier alpha value is -2.01. The minimum Gasteiger partial charge on any atom is -0.469 e. The molecule has 0 spiro atoms. The SMILES string of the molecule is Fc1ccc(O[C@H](c2ccccc2)[C@@H]2CCNC2)nc1F. The molecule has 0 saturated carbocycles. The molecule has 3 rings (SSSR count). The predicted molar refractivity (Wildman–Crippen MR) is 74.9 cm³/mol. The summed E-state index contributed by atoms with van der Waals surface area (Å²) in [5.41, 5.74) is 1.01. The van der Waals surface area contributed by atoms with Gasteiger partial charge in [-0.2, -0.15) is 9.37 Å². The average molecular weight is 290 g/mol. The molecule has 0 bridgehead atoms. The zero-order valence-electron chi connectivity index (χ0n) is 11.4. The third kappa shape index (κ3) is 3.19. The Morgan fingerprint density at radius 1 is 1.14 bits per heavy atom. The minimum absolute atomic E-state index is 0.106. The Morgan fingerprint density at radius 3 is 2.62 bits per heavy atom. The van der Waals surface area contributed by atoms with Crippen LogP contribution >= 0.6 is 0 Å². The van der Waals surface area contributed by atoms with Gasteiger partial charge in [-0.25, -0.2) is 4.39 Å². The van der Waals surface area contributed by atoms with Crippen molar-refractivity contribution in [2.75, 3.05) is 13.1 Å². The van der Waals surface area contributed by atoms with Crippen LogP contribution in [0.4, 0.5) is 8.78 Å². The van der Waals surface area contributed by atoms with E-state index in [1.54, 1.807) is 0 Å². The normalized spacial score (nSPS) is 19.4. The average Bonchev–Trinajstić information content (AvgIpc) is 3.03. The number of nitrogens with zero attached hydrogens (tertiary/aromatic N) is 1. The second-order valence-corrected chi connectivity index (χ2v) is 5.12. The van der Waals surface area contributed by atoms with Gasteiger partial charge in [0, 0.05) is 18.5 Å². The molecule has 2 heterocycles. The van der Waals surface area contributed by atoms with Crippen molar-refractivity contribution in [1.29, 1.82) is 0 Å². The van der Waals surface area contributed by atoms with Gasteiger partial charge in [0.25, 0.3) is 5.95 Å². The van der Waals surface area contributed by atoms with Crippen molar-refractivity contribution >= 4 is 0 Å². The van der Waals surface area contributed by atoms with E-state index < -0.39 is 11.8 Å². The maximum Gasteiger partial charge on any atom is 0.252 e. The molecule has 0 aliphatic carbocycles. The van der Waals surface area contributed by atoms with Crippen LogP contribution in [-0.4, -0.2) is 18.1 Å². The van der Waals surface area contributed by atoms with Crippen molar-refractivity contribution in [2.45, 2.75) is 12.5 Å². The molecule has 5 heteroatoms. The fraction of sp³-hybridized carbons (Fsp3) is 0.312. The molecule has 0 unspecified atom stereocenters. The van der Waals surface area contributed by atoms with Gasteiger partial charge < -0.3 is 10.1 Å². The monoisotopic (exact) mass is 290 g/mol. The number of hydrogen-bond donors (Lipinski definition) is 1. The highest BCUT2D eigenvalue weighted by molar-refractivity contribution is 5.21. The number of ether oxygens (including phenoxy) is 1. The molecule has 3 nitrogen and oxygen atoms in total. The van der Waals surface area contributed by atoms with Crippen molar-refractivity contribution in [2.24, 2.45) is 5.92 Å². The van der Waals surface area contributed by atoms with Crippen LogP contribution in [-0.2, 0) is 0 Å². The highest BCUT2D eigenvalue weighted by atomic mass is 19.2. The molecule has 0 amide bonds. The zero-order valence-corrected chi connectivity index (χ0v) is 11.4. The van der Waals surface area contributed by atoms with E-state index in [1.807, 2.05) is 30.3 Å². The van der Waals surface area contributed by atoms with Crippen LogP contribution in [0.25, 0.3) is 0 Å². The van der Waals surface area contributed by atoms with E-state index in [0.717, 1.165) is 31.1 Å². The van der Waals surface area contributed by atoms with Crippen LogP contribution in [0.1, 0.15) is 18.1 Å². The topological polar surface area (TPSA) is 34.1 Å². The van der Waals surface area contributed by atoms with E-state index >= 15 is 0 Å². The number of aromatic nitrogens is 1. The maximum absolute atomic E-state index is 13.2. The first kappa shape index (κ1) is 13.9. The Labute approximate surface area is 122 Å². The number of benzene rings is 1. The second-order valence-electron chi connectivity index (χ2n) is 5.12. The van der Waals surface area contributed by atoms with Crippen LogP contribution < -0.4 is 10.1 Å². The Balaban J connectivity index is 1.86. The van der Waals surface area contributed by atoms with Crippen molar-refractivity contribution < 1.29 is 13.5 Å². The van der Waals surface area contributed by atoms with Gasteiger partial charge in [0.1, 0.15) is 6.10 Å². The van der Waals surface area contributed by atoms with Gasteiger partial charge in [-0.15, -0.1) is 0 Å². The molecule has 1 N–H and O–H groups in total. The van der Waals surface area contributed by atoms with Gasteiger partial charge in [-0.1, -0.05) is 30.3 Å². The zero-order chi connectivity index (χ0) is 14.7. The quantitative estimate of drug-likeness (QED) is 0.879. The number of hydrogen-bond acceptors (Lipinski definition) is 3. The predicted octanol–water partition coefficient (Wildman–Crippen LogP) is 3.09. The fourth-order valence-corrected chi connectivity index (χ4v) is 2.61. The largest absolute Gasteiger partial charge is 0.469 e. The van der Waals surface area contributed by atoms with Gasteiger partial charge >= 0.3 is 0 Å². The molecule has 0 radical (unpaired) electrons. The van der Waals surface area contributed by atoms with Crippen molar-refractivity contribution in [1.82, 2.24) is 10.3 Å². The highest BCUT2D eigenvalue weighted by Gasteiger charge is 2.28. The van der Waals surface area contributed by atoms with Crippen LogP contribution in [0.3, 0.4) is 0 Å². The molecule has 1 saturated heterocycles. The summed E-state index contributed by atoms with van der Waals surface area (Å²) in [5.74, 6) is -1.72.